The molecule has 2 amide bonds. The molecule has 3 aliphatic rings. The molecule has 5 rings (SSSR count). The zero-order chi connectivity index (χ0) is 22.2. The number of fused-ring (bicyclic) bond motifs is 1. The average Bonchev–Trinajstić information content (AvgIpc) is 3.22. The molecule has 6 nitrogen and oxygen atoms in total. The standard InChI is InChI=1S/C23H25ClFN3O3/c1-28(2)16-5-3-14(4-6-16)22(30)26-20-12-23(10-15(20)11-23)27-21(29)13-31-17-7-8-18(24)19(25)9-17/h3-9,15,20H,10-13H2,1-2H3,(H,26,30)(H,27,29). The Kier molecular flexibility index (Phi) is 5.79. The van der Waals surface area contributed by atoms with Gasteiger partial charge in [-0.2, -0.15) is 0 Å². The van der Waals surface area contributed by atoms with Crippen molar-refractivity contribution in [1.82, 2.24) is 10.6 Å². The number of ether oxygens (including phenoxy) is 1. The Balaban J connectivity index is 1.27. The molecule has 1 unspecified atom stereocenters. The molecule has 3 aliphatic carbocycles. The van der Waals surface area contributed by atoms with Gasteiger partial charge in [-0.05, 0) is 61.6 Å². The van der Waals surface area contributed by atoms with Crippen LogP contribution >= 0.6 is 11.6 Å². The van der Waals surface area contributed by atoms with Crippen LogP contribution in [0, 0.1) is 11.7 Å². The predicted molar refractivity (Wildman–Crippen MR) is 117 cm³/mol. The summed E-state index contributed by atoms with van der Waals surface area (Å²) in [4.78, 5) is 26.9. The predicted octanol–water partition coefficient (Wildman–Crippen LogP) is 3.39. The lowest BCUT2D eigenvalue weighted by Gasteiger charge is -2.39. The molecule has 31 heavy (non-hydrogen) atoms. The molecule has 0 saturated heterocycles. The number of anilines is 1. The Morgan fingerprint density at radius 2 is 1.87 bits per heavy atom. The van der Waals surface area contributed by atoms with Gasteiger partial charge in [0.15, 0.2) is 6.61 Å². The lowest BCUT2D eigenvalue weighted by atomic mass is 9.76. The van der Waals surface area contributed by atoms with Crippen LogP contribution in [0.3, 0.4) is 0 Å². The molecule has 2 bridgehead atoms. The minimum atomic E-state index is -0.592. The van der Waals surface area contributed by atoms with E-state index in [-0.39, 0.29) is 40.8 Å². The molecule has 2 N–H and O–H groups in total. The van der Waals surface area contributed by atoms with Crippen LogP contribution in [0.5, 0.6) is 5.75 Å². The third-order valence-corrected chi connectivity index (χ3v) is 6.42. The molecule has 8 heteroatoms. The van der Waals surface area contributed by atoms with E-state index >= 15 is 0 Å². The smallest absolute Gasteiger partial charge is 0.258 e. The van der Waals surface area contributed by atoms with Crippen molar-refractivity contribution in [1.29, 1.82) is 0 Å². The van der Waals surface area contributed by atoms with Crippen molar-refractivity contribution in [2.45, 2.75) is 30.8 Å². The van der Waals surface area contributed by atoms with Gasteiger partial charge in [0.05, 0.1) is 5.02 Å². The maximum absolute atomic E-state index is 13.5. The normalized spacial score (nSPS) is 23.6. The van der Waals surface area contributed by atoms with Crippen LogP contribution in [0.15, 0.2) is 42.5 Å². The molecule has 164 valence electrons. The SMILES string of the molecule is CN(C)c1ccc(C(=O)NC2CC3(NC(=O)COc4ccc(Cl)c(F)c4)CC2C3)cc1. The largest absolute Gasteiger partial charge is 0.484 e. The molecule has 0 spiro atoms. The highest BCUT2D eigenvalue weighted by Crippen LogP contribution is 2.52. The van der Waals surface area contributed by atoms with E-state index in [9.17, 15) is 14.0 Å². The van der Waals surface area contributed by atoms with E-state index in [1.165, 1.54) is 12.1 Å². The first-order chi connectivity index (χ1) is 14.7. The maximum Gasteiger partial charge on any atom is 0.258 e. The molecule has 2 aromatic carbocycles. The number of halogens is 2. The van der Waals surface area contributed by atoms with Gasteiger partial charge in [0.2, 0.25) is 0 Å². The highest BCUT2D eigenvalue weighted by molar-refractivity contribution is 6.30. The van der Waals surface area contributed by atoms with E-state index in [4.69, 9.17) is 16.3 Å². The van der Waals surface area contributed by atoms with Crippen LogP contribution in [0.1, 0.15) is 29.6 Å². The minimum absolute atomic E-state index is 0.00360. The highest BCUT2D eigenvalue weighted by Gasteiger charge is 2.57. The molecule has 0 heterocycles. The molecule has 0 aromatic heterocycles. The van der Waals surface area contributed by atoms with E-state index in [0.29, 0.717) is 17.9 Å². The van der Waals surface area contributed by atoms with Crippen molar-refractivity contribution in [3.05, 3.63) is 58.9 Å². The Hall–Kier alpha value is -2.80. The monoisotopic (exact) mass is 445 g/mol. The third kappa shape index (κ3) is 4.61. The number of hydrogen-bond donors (Lipinski definition) is 2. The number of benzene rings is 2. The van der Waals surface area contributed by atoms with Gasteiger partial charge in [-0.15, -0.1) is 0 Å². The number of amides is 2. The molecular formula is C23H25ClFN3O3. The summed E-state index contributed by atoms with van der Waals surface area (Å²) in [7, 11) is 3.90. The lowest BCUT2D eigenvalue weighted by molar-refractivity contribution is -0.125. The van der Waals surface area contributed by atoms with Gasteiger partial charge in [0.25, 0.3) is 11.8 Å². The van der Waals surface area contributed by atoms with E-state index < -0.39 is 5.82 Å². The summed E-state index contributed by atoms with van der Waals surface area (Å²) in [6, 6.07) is 11.6. The molecule has 0 radical (unpaired) electrons. The zero-order valence-corrected chi connectivity index (χ0v) is 18.2. The van der Waals surface area contributed by atoms with Crippen molar-refractivity contribution in [2.24, 2.45) is 5.92 Å². The first-order valence-corrected chi connectivity index (χ1v) is 10.6. The number of nitrogens with one attached hydrogen (secondary N) is 2. The van der Waals surface area contributed by atoms with Gasteiger partial charge >= 0.3 is 0 Å². The quantitative estimate of drug-likeness (QED) is 0.685. The molecule has 0 aliphatic heterocycles. The fourth-order valence-corrected chi connectivity index (χ4v) is 4.63. The molecule has 1 atom stereocenters. The number of nitrogens with zero attached hydrogens (tertiary/aromatic N) is 1. The van der Waals surface area contributed by atoms with E-state index in [1.807, 2.05) is 43.3 Å². The summed E-state index contributed by atoms with van der Waals surface area (Å²) in [5.41, 5.74) is 1.35. The number of rotatable bonds is 7. The zero-order valence-electron chi connectivity index (χ0n) is 17.5. The third-order valence-electron chi connectivity index (χ3n) is 6.11. The number of hydrogen-bond acceptors (Lipinski definition) is 4. The van der Waals surface area contributed by atoms with Gasteiger partial charge in [0, 0.05) is 43.0 Å². The van der Waals surface area contributed by atoms with Crippen LogP contribution in [0.4, 0.5) is 10.1 Å². The Morgan fingerprint density at radius 1 is 1.16 bits per heavy atom. The van der Waals surface area contributed by atoms with Crippen LogP contribution in [-0.2, 0) is 4.79 Å². The van der Waals surface area contributed by atoms with Gasteiger partial charge in [0.1, 0.15) is 11.6 Å². The van der Waals surface area contributed by atoms with Crippen LogP contribution in [0.25, 0.3) is 0 Å². The summed E-state index contributed by atoms with van der Waals surface area (Å²) in [5, 5.41) is 6.16. The van der Waals surface area contributed by atoms with E-state index in [2.05, 4.69) is 10.6 Å². The van der Waals surface area contributed by atoms with Gasteiger partial charge in [-0.25, -0.2) is 4.39 Å². The molecule has 3 fully saturated rings. The van der Waals surface area contributed by atoms with Crippen molar-refractivity contribution in [2.75, 3.05) is 25.6 Å². The van der Waals surface area contributed by atoms with E-state index in [0.717, 1.165) is 24.6 Å². The molecular weight excluding hydrogens is 421 g/mol. The minimum Gasteiger partial charge on any atom is -0.484 e. The fraction of sp³-hybridized carbons (Fsp3) is 0.391. The topological polar surface area (TPSA) is 70.7 Å². The average molecular weight is 446 g/mol. The Bertz CT molecular complexity index is 990. The Labute approximate surface area is 185 Å². The van der Waals surface area contributed by atoms with Crippen LogP contribution < -0.4 is 20.3 Å². The number of carbonyl (C=O) groups is 2. The Morgan fingerprint density at radius 3 is 2.52 bits per heavy atom. The van der Waals surface area contributed by atoms with Crippen molar-refractivity contribution in [3.8, 4) is 5.75 Å². The lowest BCUT2D eigenvalue weighted by Crippen LogP contribution is -2.53. The number of carbonyl (C=O) groups excluding carboxylic acids is 2. The van der Waals surface area contributed by atoms with Crippen molar-refractivity contribution in [3.63, 3.8) is 0 Å². The summed E-state index contributed by atoms with van der Waals surface area (Å²) in [5.74, 6) is -0.349. The van der Waals surface area contributed by atoms with Gasteiger partial charge in [-0.1, -0.05) is 11.6 Å². The molecule has 3 saturated carbocycles. The fourth-order valence-electron chi connectivity index (χ4n) is 4.51. The second kappa shape index (κ2) is 8.38. The van der Waals surface area contributed by atoms with Crippen LogP contribution in [0.2, 0.25) is 5.02 Å². The maximum atomic E-state index is 13.5. The summed E-state index contributed by atoms with van der Waals surface area (Å²) >= 11 is 5.65. The second-order valence-electron chi connectivity index (χ2n) is 8.59. The first kappa shape index (κ1) is 21.4. The summed E-state index contributed by atoms with van der Waals surface area (Å²) in [6.45, 7) is -0.206. The summed E-state index contributed by atoms with van der Waals surface area (Å²) < 4.78 is 18.8. The van der Waals surface area contributed by atoms with Gasteiger partial charge in [-0.3, -0.25) is 9.59 Å². The summed E-state index contributed by atoms with van der Waals surface area (Å²) in [6.07, 6.45) is 2.36. The second-order valence-corrected chi connectivity index (χ2v) is 8.99. The highest BCUT2D eigenvalue weighted by atomic mass is 35.5. The first-order valence-electron chi connectivity index (χ1n) is 10.2. The van der Waals surface area contributed by atoms with Crippen molar-refractivity contribution < 1.29 is 18.7 Å². The van der Waals surface area contributed by atoms with Crippen molar-refractivity contribution >= 4 is 29.1 Å². The van der Waals surface area contributed by atoms with Crippen LogP contribution in [-0.4, -0.2) is 44.1 Å². The molecule has 2 aromatic rings. The van der Waals surface area contributed by atoms with Gasteiger partial charge < -0.3 is 20.3 Å². The van der Waals surface area contributed by atoms with E-state index in [1.54, 1.807) is 0 Å².